The molecule has 0 aliphatic heterocycles. The fraction of sp³-hybridized carbons (Fsp3) is 0.294. The molecule has 0 aliphatic rings. The number of ether oxygens (including phenoxy) is 1. The molecule has 0 saturated carbocycles. The zero-order chi connectivity index (χ0) is 15.4. The Labute approximate surface area is 133 Å². The van der Waals surface area contributed by atoms with E-state index in [1.165, 1.54) is 12.1 Å². The van der Waals surface area contributed by atoms with Crippen LogP contribution in [0.5, 0.6) is 5.75 Å². The Kier molecular flexibility index (Phi) is 5.37. The van der Waals surface area contributed by atoms with Gasteiger partial charge in [0.1, 0.15) is 17.7 Å². The van der Waals surface area contributed by atoms with Gasteiger partial charge in [-0.25, -0.2) is 4.39 Å². The molecule has 0 fully saturated rings. The van der Waals surface area contributed by atoms with E-state index in [9.17, 15) is 4.39 Å². The zero-order valence-electron chi connectivity index (χ0n) is 12.1. The Morgan fingerprint density at radius 3 is 2.43 bits per heavy atom. The normalized spacial score (nSPS) is 13.8. The number of rotatable bonds is 5. The van der Waals surface area contributed by atoms with E-state index in [0.29, 0.717) is 0 Å². The van der Waals surface area contributed by atoms with E-state index < -0.39 is 0 Å². The van der Waals surface area contributed by atoms with Gasteiger partial charge in [-0.2, -0.15) is 0 Å². The molecule has 21 heavy (non-hydrogen) atoms. The molecule has 0 spiro atoms. The van der Waals surface area contributed by atoms with Gasteiger partial charge in [0.25, 0.3) is 0 Å². The summed E-state index contributed by atoms with van der Waals surface area (Å²) >= 11 is 3.44. The molecule has 0 aliphatic carbocycles. The fourth-order valence-electron chi connectivity index (χ4n) is 2.15. The summed E-state index contributed by atoms with van der Waals surface area (Å²) in [6.45, 7) is 4.00. The summed E-state index contributed by atoms with van der Waals surface area (Å²) in [5.41, 5.74) is 8.10. The van der Waals surface area contributed by atoms with E-state index in [0.717, 1.165) is 27.8 Å². The molecule has 4 heteroatoms. The maximum Gasteiger partial charge on any atom is 0.139 e. The maximum absolute atomic E-state index is 13.1. The minimum absolute atomic E-state index is 0.154. The van der Waals surface area contributed by atoms with Gasteiger partial charge in [-0.3, -0.25) is 0 Å². The van der Waals surface area contributed by atoms with E-state index >= 15 is 0 Å². The molecular formula is C17H19BrFNO. The van der Waals surface area contributed by atoms with Crippen molar-refractivity contribution in [1.29, 1.82) is 0 Å². The van der Waals surface area contributed by atoms with Gasteiger partial charge in [0.05, 0.1) is 0 Å². The molecule has 2 rings (SSSR count). The van der Waals surface area contributed by atoms with Crippen LogP contribution in [0.15, 0.2) is 46.9 Å². The Balaban J connectivity index is 2.30. The molecular weight excluding hydrogens is 333 g/mol. The lowest BCUT2D eigenvalue weighted by Crippen LogP contribution is -2.31. The van der Waals surface area contributed by atoms with E-state index in [1.807, 2.05) is 32.0 Å². The van der Waals surface area contributed by atoms with Gasteiger partial charge in [0, 0.05) is 10.5 Å². The molecule has 2 aromatic rings. The van der Waals surface area contributed by atoms with Crippen LogP contribution in [-0.2, 0) is 0 Å². The van der Waals surface area contributed by atoms with Gasteiger partial charge in [0.2, 0.25) is 0 Å². The topological polar surface area (TPSA) is 35.2 Å². The van der Waals surface area contributed by atoms with Crippen molar-refractivity contribution in [2.45, 2.75) is 32.4 Å². The Hall–Kier alpha value is -1.39. The molecule has 0 amide bonds. The van der Waals surface area contributed by atoms with Crippen molar-refractivity contribution in [3.8, 4) is 5.75 Å². The van der Waals surface area contributed by atoms with E-state index in [2.05, 4.69) is 15.9 Å². The summed E-state index contributed by atoms with van der Waals surface area (Å²) in [5, 5.41) is 0. The van der Waals surface area contributed by atoms with Gasteiger partial charge in [-0.1, -0.05) is 35.0 Å². The van der Waals surface area contributed by atoms with Crippen LogP contribution in [0.3, 0.4) is 0 Å². The fourth-order valence-corrected chi connectivity index (χ4v) is 2.63. The average Bonchev–Trinajstić information content (AvgIpc) is 2.47. The number of nitrogens with two attached hydrogens (primary N) is 1. The van der Waals surface area contributed by atoms with Crippen molar-refractivity contribution < 1.29 is 9.13 Å². The van der Waals surface area contributed by atoms with Crippen LogP contribution in [0.2, 0.25) is 0 Å². The van der Waals surface area contributed by atoms with E-state index in [4.69, 9.17) is 10.5 Å². The molecule has 2 aromatic carbocycles. The number of halogens is 2. The average molecular weight is 352 g/mol. The predicted molar refractivity (Wildman–Crippen MR) is 86.9 cm³/mol. The van der Waals surface area contributed by atoms with Crippen molar-refractivity contribution in [1.82, 2.24) is 0 Å². The first-order valence-electron chi connectivity index (χ1n) is 6.95. The molecule has 112 valence electrons. The molecule has 0 aromatic heterocycles. The van der Waals surface area contributed by atoms with Crippen molar-refractivity contribution in [2.75, 3.05) is 0 Å². The highest BCUT2D eigenvalue weighted by molar-refractivity contribution is 9.10. The summed E-state index contributed by atoms with van der Waals surface area (Å²) < 4.78 is 20.2. The van der Waals surface area contributed by atoms with Crippen molar-refractivity contribution in [2.24, 2.45) is 5.73 Å². The van der Waals surface area contributed by atoms with Gasteiger partial charge in [-0.15, -0.1) is 0 Å². The van der Waals surface area contributed by atoms with Crippen LogP contribution in [0, 0.1) is 12.7 Å². The van der Waals surface area contributed by atoms with Crippen molar-refractivity contribution in [3.05, 3.63) is 63.9 Å². The summed E-state index contributed by atoms with van der Waals surface area (Å²) in [5.74, 6) is 0.527. The van der Waals surface area contributed by atoms with Crippen LogP contribution in [0.1, 0.15) is 30.6 Å². The lowest BCUT2D eigenvalue weighted by Gasteiger charge is -2.25. The van der Waals surface area contributed by atoms with Crippen molar-refractivity contribution in [3.63, 3.8) is 0 Å². The molecule has 2 unspecified atom stereocenters. The largest absolute Gasteiger partial charge is 0.484 e. The number of hydrogen-bond acceptors (Lipinski definition) is 2. The predicted octanol–water partition coefficient (Wildman–Crippen LogP) is 4.75. The number of benzene rings is 2. The third-order valence-corrected chi connectivity index (χ3v) is 3.94. The van der Waals surface area contributed by atoms with Gasteiger partial charge in [0.15, 0.2) is 0 Å². The minimum atomic E-state index is -0.296. The first-order valence-corrected chi connectivity index (χ1v) is 7.74. The van der Waals surface area contributed by atoms with Gasteiger partial charge in [-0.05, 0) is 54.8 Å². The molecule has 2 N–H and O–H groups in total. The lowest BCUT2D eigenvalue weighted by molar-refractivity contribution is 0.170. The van der Waals surface area contributed by atoms with Gasteiger partial charge >= 0.3 is 0 Å². The second-order valence-electron chi connectivity index (χ2n) is 5.07. The van der Waals surface area contributed by atoms with E-state index in [-0.39, 0.29) is 18.0 Å². The highest BCUT2D eigenvalue weighted by Crippen LogP contribution is 2.29. The Morgan fingerprint density at radius 1 is 1.19 bits per heavy atom. The summed E-state index contributed by atoms with van der Waals surface area (Å²) in [6, 6.07) is 12.0. The van der Waals surface area contributed by atoms with Crippen LogP contribution in [0.4, 0.5) is 4.39 Å². The Bertz CT molecular complexity index is 600. The number of hydrogen-bond donors (Lipinski definition) is 1. The second-order valence-corrected chi connectivity index (χ2v) is 5.99. The lowest BCUT2D eigenvalue weighted by atomic mass is 10.0. The smallest absolute Gasteiger partial charge is 0.139 e. The Morgan fingerprint density at radius 2 is 1.86 bits per heavy atom. The monoisotopic (exact) mass is 351 g/mol. The molecule has 2 nitrogen and oxygen atoms in total. The summed E-state index contributed by atoms with van der Waals surface area (Å²) in [6.07, 6.45) is 0.480. The first-order chi connectivity index (χ1) is 10.0. The quantitative estimate of drug-likeness (QED) is 0.843. The maximum atomic E-state index is 13.1. The van der Waals surface area contributed by atoms with Crippen LogP contribution in [0.25, 0.3) is 0 Å². The standard InChI is InChI=1S/C17H19BrFNO/c1-3-15(20)17(12-4-7-14(19)8-5-12)21-16-9-6-13(18)10-11(16)2/h4-10,15,17H,3,20H2,1-2H3. The summed E-state index contributed by atoms with van der Waals surface area (Å²) in [7, 11) is 0. The van der Waals surface area contributed by atoms with Crippen LogP contribution >= 0.6 is 15.9 Å². The van der Waals surface area contributed by atoms with Crippen molar-refractivity contribution >= 4 is 15.9 Å². The minimum Gasteiger partial charge on any atom is -0.484 e. The summed E-state index contributed by atoms with van der Waals surface area (Å²) in [4.78, 5) is 0. The third kappa shape index (κ3) is 4.05. The highest BCUT2D eigenvalue weighted by atomic mass is 79.9. The zero-order valence-corrected chi connectivity index (χ0v) is 13.7. The molecule has 2 atom stereocenters. The second kappa shape index (κ2) is 7.05. The molecule has 0 bridgehead atoms. The SMILES string of the molecule is CCC(N)C(Oc1ccc(Br)cc1C)c1ccc(F)cc1. The molecule has 0 saturated heterocycles. The third-order valence-electron chi connectivity index (χ3n) is 3.45. The number of aryl methyl sites for hydroxylation is 1. The van der Waals surface area contributed by atoms with Crippen LogP contribution in [-0.4, -0.2) is 6.04 Å². The molecule has 0 heterocycles. The first kappa shape index (κ1) is 16.0. The van der Waals surface area contributed by atoms with E-state index in [1.54, 1.807) is 12.1 Å². The van der Waals surface area contributed by atoms with Crippen LogP contribution < -0.4 is 10.5 Å². The van der Waals surface area contributed by atoms with Gasteiger partial charge < -0.3 is 10.5 Å². The highest BCUT2D eigenvalue weighted by Gasteiger charge is 2.21. The molecule has 0 radical (unpaired) electrons.